The number of rotatable bonds is 5. The van der Waals surface area contributed by atoms with Gasteiger partial charge >= 0.3 is 6.18 Å². The molecule has 1 fully saturated rings. The van der Waals surface area contributed by atoms with Gasteiger partial charge in [-0.1, -0.05) is 78.0 Å². The highest BCUT2D eigenvalue weighted by Gasteiger charge is 2.39. The van der Waals surface area contributed by atoms with E-state index in [1.807, 2.05) is 60.7 Å². The van der Waals surface area contributed by atoms with Crippen LogP contribution in [-0.2, 0) is 11.0 Å². The zero-order valence-corrected chi connectivity index (χ0v) is 17.9. The van der Waals surface area contributed by atoms with Gasteiger partial charge in [-0.25, -0.2) is 0 Å². The lowest BCUT2D eigenvalue weighted by atomic mass is 9.88. The third-order valence-electron chi connectivity index (χ3n) is 5.95. The first-order chi connectivity index (χ1) is 16.4. The molecular weight excluding hydrogens is 443 g/mol. The van der Waals surface area contributed by atoms with Crippen molar-refractivity contribution < 1.29 is 22.5 Å². The molecule has 1 aliphatic rings. The number of alkyl halides is 3. The van der Waals surface area contributed by atoms with Gasteiger partial charge in [0.05, 0.1) is 17.4 Å². The Kier molecular flexibility index (Phi) is 5.65. The van der Waals surface area contributed by atoms with Gasteiger partial charge in [-0.15, -0.1) is 0 Å². The van der Waals surface area contributed by atoms with Crippen LogP contribution in [0.1, 0.15) is 34.4 Å². The Morgan fingerprint density at radius 3 is 2.12 bits per heavy atom. The number of nitrogens with zero attached hydrogens (tertiary/aromatic N) is 3. The van der Waals surface area contributed by atoms with Gasteiger partial charge in [0.2, 0.25) is 17.6 Å². The lowest BCUT2D eigenvalue weighted by Crippen LogP contribution is -2.50. The van der Waals surface area contributed by atoms with Crippen LogP contribution in [0.4, 0.5) is 13.2 Å². The molecule has 0 radical (unpaired) electrons. The van der Waals surface area contributed by atoms with Crippen LogP contribution >= 0.6 is 0 Å². The number of hydrogen-bond donors (Lipinski definition) is 0. The van der Waals surface area contributed by atoms with Crippen LogP contribution in [0.3, 0.4) is 0 Å². The molecule has 5 rings (SSSR count). The van der Waals surface area contributed by atoms with E-state index in [1.165, 1.54) is 12.1 Å². The molecular formula is C26H20F3N3O2. The van der Waals surface area contributed by atoms with Crippen LogP contribution in [0.2, 0.25) is 0 Å². The minimum absolute atomic E-state index is 0.0220. The maximum absolute atomic E-state index is 13.4. The molecule has 0 unspecified atom stereocenters. The van der Waals surface area contributed by atoms with E-state index in [9.17, 15) is 18.0 Å². The number of benzene rings is 3. The summed E-state index contributed by atoms with van der Waals surface area (Å²) in [6.45, 7) is 0.804. The predicted octanol–water partition coefficient (Wildman–Crippen LogP) is 5.51. The minimum Gasteiger partial charge on any atom is -0.340 e. The third-order valence-corrected chi connectivity index (χ3v) is 5.95. The van der Waals surface area contributed by atoms with E-state index in [-0.39, 0.29) is 23.2 Å². The first kappa shape index (κ1) is 21.9. The molecule has 8 heteroatoms. The molecule has 1 aliphatic heterocycles. The first-order valence-electron chi connectivity index (χ1n) is 10.8. The summed E-state index contributed by atoms with van der Waals surface area (Å²) in [5.74, 6) is -0.203. The smallest absolute Gasteiger partial charge is 0.340 e. The monoisotopic (exact) mass is 463 g/mol. The van der Waals surface area contributed by atoms with E-state index < -0.39 is 17.7 Å². The highest BCUT2D eigenvalue weighted by atomic mass is 19.4. The number of carbonyl (C=O) groups excluding carboxylic acids is 1. The minimum atomic E-state index is -4.45. The zero-order valence-electron chi connectivity index (χ0n) is 17.9. The van der Waals surface area contributed by atoms with E-state index in [1.54, 1.807) is 4.90 Å². The fourth-order valence-corrected chi connectivity index (χ4v) is 4.12. The summed E-state index contributed by atoms with van der Waals surface area (Å²) in [6.07, 6.45) is -4.45. The van der Waals surface area contributed by atoms with E-state index in [0.717, 1.165) is 23.3 Å². The molecule has 2 heterocycles. The van der Waals surface area contributed by atoms with Crippen LogP contribution in [0.15, 0.2) is 89.5 Å². The van der Waals surface area contributed by atoms with Gasteiger partial charge in [0, 0.05) is 18.7 Å². The molecule has 0 saturated carbocycles. The fraction of sp³-hybridized carbons (Fsp3) is 0.192. The Morgan fingerprint density at radius 2 is 1.53 bits per heavy atom. The van der Waals surface area contributed by atoms with Gasteiger partial charge in [0.25, 0.3) is 0 Å². The van der Waals surface area contributed by atoms with Crippen LogP contribution in [0.25, 0.3) is 11.4 Å². The molecule has 0 spiro atoms. The van der Waals surface area contributed by atoms with E-state index in [4.69, 9.17) is 4.52 Å². The van der Waals surface area contributed by atoms with E-state index in [0.29, 0.717) is 19.0 Å². The number of aromatic nitrogens is 2. The van der Waals surface area contributed by atoms with Gasteiger partial charge in [0.1, 0.15) is 0 Å². The molecule has 3 aromatic carbocycles. The summed E-state index contributed by atoms with van der Waals surface area (Å²) in [6, 6.07) is 24.0. The van der Waals surface area contributed by atoms with Crippen molar-refractivity contribution in [3.8, 4) is 11.4 Å². The SMILES string of the molecule is O=C(C(c1ccccc1)c1ccccc1)N1CC(c2nc(-c3cccc(C(F)(F)F)c3)no2)C1. The van der Waals surface area contributed by atoms with E-state index in [2.05, 4.69) is 10.1 Å². The molecule has 34 heavy (non-hydrogen) atoms. The second-order valence-electron chi connectivity index (χ2n) is 8.23. The molecule has 1 aromatic heterocycles. The van der Waals surface area contributed by atoms with Crippen LogP contribution in [0, 0.1) is 0 Å². The molecule has 1 saturated heterocycles. The first-order valence-corrected chi connectivity index (χ1v) is 10.8. The Balaban J connectivity index is 1.31. The highest BCUT2D eigenvalue weighted by molar-refractivity contribution is 5.88. The Bertz CT molecular complexity index is 1240. The van der Waals surface area contributed by atoms with Crippen molar-refractivity contribution in [2.45, 2.75) is 18.0 Å². The average molecular weight is 463 g/mol. The number of halogens is 3. The number of carbonyl (C=O) groups is 1. The molecule has 0 atom stereocenters. The summed E-state index contributed by atoms with van der Waals surface area (Å²) in [5, 5.41) is 3.86. The largest absolute Gasteiger partial charge is 0.416 e. The van der Waals surface area contributed by atoms with Crippen molar-refractivity contribution in [2.75, 3.05) is 13.1 Å². The summed E-state index contributed by atoms with van der Waals surface area (Å²) in [4.78, 5) is 19.5. The topological polar surface area (TPSA) is 59.2 Å². The summed E-state index contributed by atoms with van der Waals surface area (Å²) < 4.78 is 44.4. The van der Waals surface area contributed by atoms with Crippen molar-refractivity contribution in [1.82, 2.24) is 15.0 Å². The van der Waals surface area contributed by atoms with Crippen molar-refractivity contribution in [3.63, 3.8) is 0 Å². The van der Waals surface area contributed by atoms with Crippen LogP contribution < -0.4 is 0 Å². The summed E-state index contributed by atoms with van der Waals surface area (Å²) in [5.41, 5.74) is 1.27. The number of hydrogen-bond acceptors (Lipinski definition) is 4. The Labute approximate surface area is 193 Å². The maximum Gasteiger partial charge on any atom is 0.416 e. The molecule has 0 bridgehead atoms. The molecule has 1 amide bonds. The zero-order chi connectivity index (χ0) is 23.7. The molecule has 5 nitrogen and oxygen atoms in total. The Morgan fingerprint density at radius 1 is 0.912 bits per heavy atom. The van der Waals surface area contributed by atoms with Crippen LogP contribution in [0.5, 0.6) is 0 Å². The lowest BCUT2D eigenvalue weighted by molar-refractivity contribution is -0.138. The Hall–Kier alpha value is -3.94. The molecule has 0 N–H and O–H groups in total. The average Bonchev–Trinajstić information content (AvgIpc) is 3.29. The highest BCUT2D eigenvalue weighted by Crippen LogP contribution is 2.35. The molecule has 0 aliphatic carbocycles. The molecule has 172 valence electrons. The van der Waals surface area contributed by atoms with Gasteiger partial charge in [0.15, 0.2) is 0 Å². The van der Waals surface area contributed by atoms with Crippen molar-refractivity contribution in [2.24, 2.45) is 0 Å². The number of likely N-dealkylation sites (tertiary alicyclic amines) is 1. The maximum atomic E-state index is 13.4. The summed E-state index contributed by atoms with van der Waals surface area (Å²) >= 11 is 0. The standard InChI is InChI=1S/C26H20F3N3O2/c27-26(28,29)21-13-7-12-19(14-21)23-30-24(34-31-23)20-15-32(16-20)25(33)22(17-8-3-1-4-9-17)18-10-5-2-6-11-18/h1-14,20,22H,15-16H2. The predicted molar refractivity (Wildman–Crippen MR) is 119 cm³/mol. The third kappa shape index (κ3) is 4.31. The van der Waals surface area contributed by atoms with Crippen molar-refractivity contribution >= 4 is 5.91 Å². The number of amides is 1. The normalized spacial score (nSPS) is 14.3. The second kappa shape index (κ2) is 8.78. The quantitative estimate of drug-likeness (QED) is 0.392. The van der Waals surface area contributed by atoms with Gasteiger partial charge in [-0.2, -0.15) is 18.2 Å². The van der Waals surface area contributed by atoms with Crippen LogP contribution in [-0.4, -0.2) is 34.0 Å². The summed E-state index contributed by atoms with van der Waals surface area (Å²) in [7, 11) is 0. The lowest BCUT2D eigenvalue weighted by Gasteiger charge is -2.39. The second-order valence-corrected chi connectivity index (χ2v) is 8.23. The fourth-order valence-electron chi connectivity index (χ4n) is 4.12. The van der Waals surface area contributed by atoms with Gasteiger partial charge in [-0.05, 0) is 23.3 Å². The van der Waals surface area contributed by atoms with Gasteiger partial charge in [-0.3, -0.25) is 4.79 Å². The van der Waals surface area contributed by atoms with Crippen molar-refractivity contribution in [3.05, 3.63) is 108 Å². The van der Waals surface area contributed by atoms with E-state index >= 15 is 0 Å². The van der Waals surface area contributed by atoms with Crippen molar-refractivity contribution in [1.29, 1.82) is 0 Å². The molecule has 4 aromatic rings. The van der Waals surface area contributed by atoms with Gasteiger partial charge < -0.3 is 9.42 Å².